The van der Waals surface area contributed by atoms with E-state index >= 15 is 0 Å². The molecule has 2 aromatic carbocycles. The summed E-state index contributed by atoms with van der Waals surface area (Å²) in [6, 6.07) is 13.2. The highest BCUT2D eigenvalue weighted by Gasteiger charge is 2.25. The van der Waals surface area contributed by atoms with Gasteiger partial charge in [-0.1, -0.05) is 0 Å². The molecule has 1 aliphatic rings. The van der Waals surface area contributed by atoms with E-state index in [0.29, 0.717) is 40.4 Å². The third-order valence-electron chi connectivity index (χ3n) is 6.96. The Balaban J connectivity index is 1.20. The zero-order chi connectivity index (χ0) is 30.8. The van der Waals surface area contributed by atoms with Crippen molar-refractivity contribution < 1.29 is 28.1 Å². The lowest BCUT2D eigenvalue weighted by molar-refractivity contribution is 0.213. The van der Waals surface area contributed by atoms with Crippen molar-refractivity contribution in [3.63, 3.8) is 0 Å². The van der Waals surface area contributed by atoms with Gasteiger partial charge in [0.05, 0.1) is 37.8 Å². The number of pyridine rings is 2. The number of rotatable bonds is 9. The summed E-state index contributed by atoms with van der Waals surface area (Å²) in [5, 5.41) is 3.15. The van der Waals surface area contributed by atoms with Crippen molar-refractivity contribution in [1.82, 2.24) is 19.1 Å². The lowest BCUT2D eigenvalue weighted by atomic mass is 10.2. The van der Waals surface area contributed by atoms with Crippen molar-refractivity contribution in [2.45, 2.75) is 19.4 Å². The number of hydrogen-bond donors (Lipinski definition) is 1. The fourth-order valence-corrected chi connectivity index (χ4v) is 4.58. The van der Waals surface area contributed by atoms with E-state index in [4.69, 9.17) is 18.9 Å². The third kappa shape index (κ3) is 5.93. The molecule has 0 atom stereocenters. The second-order valence-corrected chi connectivity index (χ2v) is 10.0. The molecule has 1 fully saturated rings. The number of carbonyl (C=O) groups excluding carboxylic acids is 1. The van der Waals surface area contributed by atoms with Gasteiger partial charge < -0.3 is 18.9 Å². The van der Waals surface area contributed by atoms with Crippen molar-refractivity contribution in [2.24, 2.45) is 5.92 Å². The molecule has 0 aliphatic heterocycles. The van der Waals surface area contributed by atoms with Crippen LogP contribution in [0.5, 0.6) is 28.7 Å². The van der Waals surface area contributed by atoms with Crippen LogP contribution in [0.1, 0.15) is 12.8 Å². The maximum Gasteiger partial charge on any atom is 0.418 e. The van der Waals surface area contributed by atoms with E-state index in [-0.39, 0.29) is 23.2 Å². The maximum absolute atomic E-state index is 13.5. The number of hydrogen-bond acceptors (Lipinski definition) is 9. The van der Waals surface area contributed by atoms with Gasteiger partial charge in [0.2, 0.25) is 5.75 Å². The molecule has 0 radical (unpaired) electrons. The molecule has 5 aromatic rings. The number of nitrogens with zero attached hydrogens (tertiary/aromatic N) is 4. The number of benzene rings is 2. The molecule has 12 nitrogen and oxygen atoms in total. The number of nitrogens with one attached hydrogen (secondary N) is 1. The van der Waals surface area contributed by atoms with E-state index in [1.54, 1.807) is 37.6 Å². The summed E-state index contributed by atoms with van der Waals surface area (Å²) in [6.07, 6.45) is 5.12. The van der Waals surface area contributed by atoms with Crippen molar-refractivity contribution in [3.8, 4) is 34.4 Å². The summed E-state index contributed by atoms with van der Waals surface area (Å²) < 4.78 is 37.8. The minimum atomic E-state index is -0.994. The molecule has 1 amide bonds. The SMILES string of the molecule is COc1cc2nccc(Oc3ccc(NC(=O)Oc4cn(CC5CC5)c(=O)n(-c5ccc(F)cc5)c4=O)nc3)c2cc1OC. The summed E-state index contributed by atoms with van der Waals surface area (Å²) in [5.74, 6) is 1.43. The molecule has 6 rings (SSSR count). The predicted molar refractivity (Wildman–Crippen MR) is 158 cm³/mol. The van der Waals surface area contributed by atoms with Gasteiger partial charge in [0.25, 0.3) is 0 Å². The first kappa shape index (κ1) is 28.4. The Hall–Kier alpha value is -5.72. The second-order valence-electron chi connectivity index (χ2n) is 10.0. The van der Waals surface area contributed by atoms with Crippen molar-refractivity contribution >= 4 is 22.8 Å². The van der Waals surface area contributed by atoms with Crippen LogP contribution in [-0.4, -0.2) is 39.4 Å². The van der Waals surface area contributed by atoms with Crippen LogP contribution in [0.4, 0.5) is 15.0 Å². The largest absolute Gasteiger partial charge is 0.493 e. The lowest BCUT2D eigenvalue weighted by Crippen LogP contribution is -2.40. The summed E-state index contributed by atoms with van der Waals surface area (Å²) in [7, 11) is 3.08. The number of aromatic nitrogens is 4. The first-order valence-corrected chi connectivity index (χ1v) is 13.6. The molecule has 1 N–H and O–H groups in total. The molecule has 1 aliphatic carbocycles. The highest BCUT2D eigenvalue weighted by atomic mass is 19.1. The molecule has 0 unspecified atom stereocenters. The zero-order valence-electron chi connectivity index (χ0n) is 23.7. The van der Waals surface area contributed by atoms with Crippen LogP contribution in [0.3, 0.4) is 0 Å². The molecular weight excluding hydrogens is 573 g/mol. The normalized spacial score (nSPS) is 12.5. The van der Waals surface area contributed by atoms with Gasteiger partial charge in [0.15, 0.2) is 11.5 Å². The Labute approximate surface area is 249 Å². The van der Waals surface area contributed by atoms with Gasteiger partial charge in [-0.05, 0) is 67.3 Å². The first-order valence-electron chi connectivity index (χ1n) is 13.6. The Bertz CT molecular complexity index is 1970. The third-order valence-corrected chi connectivity index (χ3v) is 6.96. The van der Waals surface area contributed by atoms with Crippen molar-refractivity contribution in [2.75, 3.05) is 19.5 Å². The number of methoxy groups -OCH3 is 2. The topological polar surface area (TPSA) is 136 Å². The smallest absolute Gasteiger partial charge is 0.418 e. The van der Waals surface area contributed by atoms with E-state index < -0.39 is 23.2 Å². The fraction of sp³-hybridized carbons (Fsp3) is 0.194. The summed E-state index contributed by atoms with van der Waals surface area (Å²) in [6.45, 7) is 0.356. The first-order chi connectivity index (χ1) is 21.3. The zero-order valence-corrected chi connectivity index (χ0v) is 23.7. The van der Waals surface area contributed by atoms with Crippen LogP contribution >= 0.6 is 0 Å². The molecular formula is C31H26FN5O7. The van der Waals surface area contributed by atoms with Crippen molar-refractivity contribution in [3.05, 3.63) is 99.8 Å². The molecule has 3 aromatic heterocycles. The number of ether oxygens (including phenoxy) is 4. The molecule has 0 saturated heterocycles. The van der Waals surface area contributed by atoms with Crippen molar-refractivity contribution in [1.29, 1.82) is 0 Å². The van der Waals surface area contributed by atoms with Gasteiger partial charge in [-0.3, -0.25) is 19.7 Å². The highest BCUT2D eigenvalue weighted by molar-refractivity contribution is 5.88. The van der Waals surface area contributed by atoms with Gasteiger partial charge in [-0.15, -0.1) is 0 Å². The van der Waals surface area contributed by atoms with Crippen LogP contribution in [0.15, 0.2) is 82.8 Å². The molecule has 1 saturated carbocycles. The summed E-state index contributed by atoms with van der Waals surface area (Å²) in [4.78, 5) is 47.6. The number of carbonyl (C=O) groups is 1. The average Bonchev–Trinajstić information content (AvgIpc) is 3.85. The Kier molecular flexibility index (Phi) is 7.67. The Morgan fingerprint density at radius 3 is 2.39 bits per heavy atom. The van der Waals surface area contributed by atoms with Crippen LogP contribution in [0, 0.1) is 11.7 Å². The van der Waals surface area contributed by atoms with E-state index in [9.17, 15) is 18.8 Å². The Morgan fingerprint density at radius 1 is 0.955 bits per heavy atom. The molecule has 44 heavy (non-hydrogen) atoms. The van der Waals surface area contributed by atoms with Crippen LogP contribution < -0.4 is 35.5 Å². The molecule has 0 bridgehead atoms. The minimum absolute atomic E-state index is 0.124. The van der Waals surface area contributed by atoms with Gasteiger partial charge in [-0.2, -0.15) is 0 Å². The van der Waals surface area contributed by atoms with Crippen LogP contribution in [-0.2, 0) is 6.54 Å². The number of halogens is 1. The van der Waals surface area contributed by atoms with Crippen LogP contribution in [0.2, 0.25) is 0 Å². The van der Waals surface area contributed by atoms with Gasteiger partial charge in [0.1, 0.15) is 23.1 Å². The monoisotopic (exact) mass is 599 g/mol. The van der Waals surface area contributed by atoms with Gasteiger partial charge in [-0.25, -0.2) is 23.5 Å². The number of amides is 1. The van der Waals surface area contributed by atoms with E-state index in [0.717, 1.165) is 29.5 Å². The highest BCUT2D eigenvalue weighted by Crippen LogP contribution is 2.37. The summed E-state index contributed by atoms with van der Waals surface area (Å²) in [5.41, 5.74) is -0.692. The maximum atomic E-state index is 13.5. The van der Waals surface area contributed by atoms with E-state index in [1.807, 2.05) is 0 Å². The van der Waals surface area contributed by atoms with Gasteiger partial charge in [0, 0.05) is 24.2 Å². The second kappa shape index (κ2) is 11.9. The molecule has 3 heterocycles. The van der Waals surface area contributed by atoms with E-state index in [1.165, 1.54) is 42.3 Å². The fourth-order valence-electron chi connectivity index (χ4n) is 4.58. The summed E-state index contributed by atoms with van der Waals surface area (Å²) >= 11 is 0. The standard InChI is InChI=1S/C31H26FN5O7/c1-41-25-13-22-23(14-26(25)42-2)33-12-11-24(22)43-21-9-10-28(34-15-21)35-30(39)44-27-17-36(16-18-3-4-18)31(40)37(29(27)38)20-7-5-19(32)6-8-20/h5-15,17-18H,3-4,16H2,1-2H3,(H,34,35,39). The molecule has 13 heteroatoms. The predicted octanol–water partition coefficient (Wildman–Crippen LogP) is 4.91. The quantitative estimate of drug-likeness (QED) is 0.251. The number of fused-ring (bicyclic) bond motifs is 1. The average molecular weight is 600 g/mol. The number of anilines is 1. The van der Waals surface area contributed by atoms with E-state index in [2.05, 4.69) is 15.3 Å². The molecule has 0 spiro atoms. The minimum Gasteiger partial charge on any atom is -0.493 e. The lowest BCUT2D eigenvalue weighted by Gasteiger charge is -2.13. The Morgan fingerprint density at radius 2 is 1.70 bits per heavy atom. The molecule has 224 valence electrons. The van der Waals surface area contributed by atoms with Crippen LogP contribution in [0.25, 0.3) is 16.6 Å². The van der Waals surface area contributed by atoms with Gasteiger partial charge >= 0.3 is 17.3 Å².